The Kier molecular flexibility index (Phi) is 4.35. The van der Waals surface area contributed by atoms with E-state index in [2.05, 4.69) is 11.1 Å². The van der Waals surface area contributed by atoms with Crippen LogP contribution in [0.15, 0.2) is 24.3 Å². The zero-order chi connectivity index (χ0) is 16.4. The number of thiazole rings is 1. The van der Waals surface area contributed by atoms with E-state index in [1.165, 1.54) is 4.70 Å². The fraction of sp³-hybridized carbons (Fsp3) is 0.471. The molecule has 1 aliphatic heterocycles. The molecule has 0 radical (unpaired) electrons. The van der Waals surface area contributed by atoms with Gasteiger partial charge < -0.3 is 10.0 Å². The molecule has 1 atom stereocenters. The van der Waals surface area contributed by atoms with Crippen LogP contribution in [0.2, 0.25) is 0 Å². The van der Waals surface area contributed by atoms with Gasteiger partial charge in [0, 0.05) is 19.5 Å². The number of carbonyl (C=O) groups is 2. The first-order valence-electron chi connectivity index (χ1n) is 7.83. The molecule has 1 saturated heterocycles. The number of aliphatic carboxylic acids is 1. The van der Waals surface area contributed by atoms with Gasteiger partial charge in [0.05, 0.1) is 20.6 Å². The Morgan fingerprint density at radius 3 is 2.87 bits per heavy atom. The van der Waals surface area contributed by atoms with Gasteiger partial charge in [-0.2, -0.15) is 0 Å². The van der Waals surface area contributed by atoms with Crippen LogP contribution >= 0.6 is 11.3 Å². The van der Waals surface area contributed by atoms with Crippen molar-refractivity contribution in [2.24, 2.45) is 5.41 Å². The number of carbonyl (C=O) groups excluding carboxylic acids is 1. The lowest BCUT2D eigenvalue weighted by Crippen LogP contribution is -2.34. The van der Waals surface area contributed by atoms with E-state index in [1.807, 2.05) is 18.2 Å². The number of rotatable bonds is 5. The maximum atomic E-state index is 12.2. The second-order valence-corrected chi connectivity index (χ2v) is 7.48. The molecule has 1 N–H and O–H groups in total. The van der Waals surface area contributed by atoms with E-state index in [9.17, 15) is 14.7 Å². The molecular formula is C17H20N2O3S. The number of carboxylic acid groups (broad SMARTS) is 1. The Balaban J connectivity index is 1.51. The molecule has 1 aromatic heterocycles. The van der Waals surface area contributed by atoms with E-state index in [1.54, 1.807) is 23.2 Å². The van der Waals surface area contributed by atoms with Crippen LogP contribution in [-0.2, 0) is 16.0 Å². The topological polar surface area (TPSA) is 70.5 Å². The third kappa shape index (κ3) is 3.37. The predicted molar refractivity (Wildman–Crippen MR) is 89.5 cm³/mol. The highest BCUT2D eigenvalue weighted by atomic mass is 32.1. The van der Waals surface area contributed by atoms with E-state index >= 15 is 0 Å². The van der Waals surface area contributed by atoms with Crippen molar-refractivity contribution in [1.82, 2.24) is 9.88 Å². The van der Waals surface area contributed by atoms with Gasteiger partial charge in [0.2, 0.25) is 5.91 Å². The second-order valence-electron chi connectivity index (χ2n) is 6.36. The van der Waals surface area contributed by atoms with Crippen LogP contribution < -0.4 is 0 Å². The zero-order valence-electron chi connectivity index (χ0n) is 13.1. The third-order valence-electron chi connectivity index (χ3n) is 4.46. The lowest BCUT2D eigenvalue weighted by Gasteiger charge is -2.20. The molecule has 122 valence electrons. The summed E-state index contributed by atoms with van der Waals surface area (Å²) < 4.78 is 1.17. The molecule has 3 rings (SSSR count). The quantitative estimate of drug-likeness (QED) is 0.914. The van der Waals surface area contributed by atoms with Gasteiger partial charge in [-0.05, 0) is 38.3 Å². The second kappa shape index (κ2) is 6.28. The first kappa shape index (κ1) is 15.9. The molecule has 5 nitrogen and oxygen atoms in total. The molecule has 1 aromatic carbocycles. The summed E-state index contributed by atoms with van der Waals surface area (Å²) in [5, 5.41) is 10.3. The summed E-state index contributed by atoms with van der Waals surface area (Å²) in [4.78, 5) is 29.7. The number of aryl methyl sites for hydroxylation is 1. The van der Waals surface area contributed by atoms with Gasteiger partial charge in [-0.15, -0.1) is 11.3 Å². The minimum absolute atomic E-state index is 0.0519. The molecule has 2 aromatic rings. The van der Waals surface area contributed by atoms with Crippen molar-refractivity contribution in [3.8, 4) is 0 Å². The normalized spacial score (nSPS) is 21.0. The van der Waals surface area contributed by atoms with Gasteiger partial charge in [0.25, 0.3) is 0 Å². The van der Waals surface area contributed by atoms with Crippen LogP contribution in [0.5, 0.6) is 0 Å². The number of fused-ring (bicyclic) bond motifs is 1. The molecule has 0 saturated carbocycles. The smallest absolute Gasteiger partial charge is 0.311 e. The summed E-state index contributed by atoms with van der Waals surface area (Å²) in [5.41, 5.74) is 0.221. The highest BCUT2D eigenvalue weighted by Gasteiger charge is 2.41. The Hall–Kier alpha value is -1.95. The number of benzene rings is 1. The van der Waals surface area contributed by atoms with Gasteiger partial charge in [0.1, 0.15) is 0 Å². The number of para-hydroxylation sites is 1. The first-order valence-corrected chi connectivity index (χ1v) is 8.65. The van der Waals surface area contributed by atoms with Gasteiger partial charge in [-0.3, -0.25) is 9.59 Å². The molecule has 0 spiro atoms. The zero-order valence-corrected chi connectivity index (χ0v) is 13.9. The molecule has 0 aliphatic carbocycles. The van der Waals surface area contributed by atoms with Crippen LogP contribution in [0, 0.1) is 5.41 Å². The van der Waals surface area contributed by atoms with Crippen LogP contribution in [0.1, 0.15) is 31.2 Å². The van der Waals surface area contributed by atoms with E-state index < -0.39 is 11.4 Å². The van der Waals surface area contributed by atoms with Gasteiger partial charge >= 0.3 is 5.97 Å². The molecule has 0 bridgehead atoms. The molecule has 2 heterocycles. The summed E-state index contributed by atoms with van der Waals surface area (Å²) in [6.45, 7) is 2.58. The predicted octanol–water partition coefficient (Wildman–Crippen LogP) is 2.94. The number of aromatic nitrogens is 1. The summed E-state index contributed by atoms with van der Waals surface area (Å²) in [6, 6.07) is 8.03. The fourth-order valence-corrected chi connectivity index (χ4v) is 3.93. The number of carboxylic acids is 1. The summed E-state index contributed by atoms with van der Waals surface area (Å²) in [5.74, 6) is -0.765. The number of amides is 1. The number of hydrogen-bond donors (Lipinski definition) is 1. The Morgan fingerprint density at radius 1 is 1.39 bits per heavy atom. The first-order chi connectivity index (χ1) is 11.0. The average Bonchev–Trinajstić information content (AvgIpc) is 3.11. The largest absolute Gasteiger partial charge is 0.481 e. The van der Waals surface area contributed by atoms with E-state index in [0.29, 0.717) is 25.9 Å². The van der Waals surface area contributed by atoms with Crippen molar-refractivity contribution >= 4 is 33.4 Å². The Bertz CT molecular complexity index is 709. The van der Waals surface area contributed by atoms with E-state index in [-0.39, 0.29) is 5.91 Å². The molecule has 6 heteroatoms. The van der Waals surface area contributed by atoms with Gasteiger partial charge in [0.15, 0.2) is 0 Å². The van der Waals surface area contributed by atoms with Crippen molar-refractivity contribution in [3.63, 3.8) is 0 Å². The number of hydrogen-bond acceptors (Lipinski definition) is 4. The summed E-state index contributed by atoms with van der Waals surface area (Å²) in [7, 11) is 0. The number of nitrogens with zero attached hydrogens (tertiary/aromatic N) is 2. The van der Waals surface area contributed by atoms with Gasteiger partial charge in [-0.25, -0.2) is 4.98 Å². The molecule has 1 amide bonds. The maximum Gasteiger partial charge on any atom is 0.311 e. The molecule has 1 aliphatic rings. The highest BCUT2D eigenvalue weighted by Crippen LogP contribution is 2.30. The van der Waals surface area contributed by atoms with Crippen LogP contribution in [0.4, 0.5) is 0 Å². The average molecular weight is 332 g/mol. The van der Waals surface area contributed by atoms with Crippen LogP contribution in [0.3, 0.4) is 0 Å². The van der Waals surface area contributed by atoms with E-state index in [0.717, 1.165) is 23.4 Å². The maximum absolute atomic E-state index is 12.2. The lowest BCUT2D eigenvalue weighted by atomic mass is 9.90. The standard InChI is InChI=1S/C17H20N2O3S/c1-17(16(21)22)9-10-19(11-17)15(20)8-4-7-14-18-12-5-2-3-6-13(12)23-14/h2-3,5-6H,4,7-11H2,1H3,(H,21,22)/t17-/m1/s1. The van der Waals surface area contributed by atoms with Crippen molar-refractivity contribution in [2.75, 3.05) is 13.1 Å². The third-order valence-corrected chi connectivity index (χ3v) is 5.56. The van der Waals surface area contributed by atoms with Crippen molar-refractivity contribution in [2.45, 2.75) is 32.6 Å². The Morgan fingerprint density at radius 2 is 2.17 bits per heavy atom. The molecule has 23 heavy (non-hydrogen) atoms. The van der Waals surface area contributed by atoms with Crippen LogP contribution in [-0.4, -0.2) is 40.0 Å². The SMILES string of the molecule is C[C@@]1(C(=O)O)CCN(C(=O)CCCc2nc3ccccc3s2)C1. The van der Waals surface area contributed by atoms with Gasteiger partial charge in [-0.1, -0.05) is 12.1 Å². The van der Waals surface area contributed by atoms with E-state index in [4.69, 9.17) is 0 Å². The minimum Gasteiger partial charge on any atom is -0.481 e. The lowest BCUT2D eigenvalue weighted by molar-refractivity contribution is -0.147. The molecular weight excluding hydrogens is 312 g/mol. The minimum atomic E-state index is -0.817. The van der Waals surface area contributed by atoms with Crippen molar-refractivity contribution < 1.29 is 14.7 Å². The molecule has 1 fully saturated rings. The van der Waals surface area contributed by atoms with Crippen molar-refractivity contribution in [3.05, 3.63) is 29.3 Å². The Labute approximate surface area is 138 Å². The highest BCUT2D eigenvalue weighted by molar-refractivity contribution is 7.18. The van der Waals surface area contributed by atoms with Crippen molar-refractivity contribution in [1.29, 1.82) is 0 Å². The van der Waals surface area contributed by atoms with Crippen LogP contribution in [0.25, 0.3) is 10.2 Å². The fourth-order valence-electron chi connectivity index (χ4n) is 2.92. The number of likely N-dealkylation sites (tertiary alicyclic amines) is 1. The summed E-state index contributed by atoms with van der Waals surface area (Å²) >= 11 is 1.67. The molecule has 0 unspecified atom stereocenters. The summed E-state index contributed by atoms with van der Waals surface area (Å²) in [6.07, 6.45) is 2.52. The monoisotopic (exact) mass is 332 g/mol.